The summed E-state index contributed by atoms with van der Waals surface area (Å²) < 4.78 is 26.2. The van der Waals surface area contributed by atoms with Crippen LogP contribution in [0.1, 0.15) is 136 Å². The zero-order valence-corrected chi connectivity index (χ0v) is 30.4. The summed E-state index contributed by atoms with van der Waals surface area (Å²) in [5.41, 5.74) is 0. The molecule has 4 N–H and O–H groups in total. The van der Waals surface area contributed by atoms with Crippen molar-refractivity contribution < 1.29 is 52.9 Å². The maximum atomic E-state index is 12.5. The molecule has 1 saturated carbocycles. The van der Waals surface area contributed by atoms with Gasteiger partial charge in [-0.3, -0.25) is 18.9 Å². The molecule has 0 bridgehead atoms. The van der Waals surface area contributed by atoms with Crippen molar-refractivity contribution in [1.82, 2.24) is 0 Å². The quantitative estimate of drug-likeness (QED) is 0.0289. The third-order valence-corrected chi connectivity index (χ3v) is 9.37. The van der Waals surface area contributed by atoms with E-state index in [9.17, 15) is 29.2 Å². The Morgan fingerprint density at radius 2 is 1.58 bits per heavy atom. The molecule has 0 spiro atoms. The van der Waals surface area contributed by atoms with Crippen LogP contribution in [-0.4, -0.2) is 69.2 Å². The molecule has 1 aliphatic carbocycles. The first-order valence-electron chi connectivity index (χ1n) is 18.1. The number of aliphatic hydroxyl groups excluding tert-OH is 2. The number of carbonyl (C=O) groups excluding carboxylic acids is 3. The van der Waals surface area contributed by atoms with Crippen LogP contribution in [0.4, 0.5) is 0 Å². The fraction of sp³-hybridized carbons (Fsp3) is 0.806. The minimum absolute atomic E-state index is 0.00767. The molecule has 0 aliphatic heterocycles. The molecule has 0 heterocycles. The Balaban J connectivity index is 2.39. The lowest BCUT2D eigenvalue weighted by Crippen LogP contribution is -2.29. The minimum atomic E-state index is -4.81. The Labute approximate surface area is 288 Å². The van der Waals surface area contributed by atoms with Gasteiger partial charge in [0, 0.05) is 31.1 Å². The molecule has 0 saturated heterocycles. The van der Waals surface area contributed by atoms with Crippen LogP contribution in [0.2, 0.25) is 0 Å². The standard InChI is InChI=1S/C36H63O11P/c1-4-6-13-19-29(37)23-24-32-31(33(38)25-34(32)39)20-15-11-12-16-21-35(40)45-26-30(27-46-48(42,43)44)47-36(41)22-17-10-8-7-9-14-18-28(3)5-2/h11,15,23-24,28-32,34,37,39H,4-10,12-14,16-22,25-27H2,1-3H3,(H2,42,43,44)/b15-11-,24-23+/t28?,29-,30+,31+,32+,34+/m0/s1. The van der Waals surface area contributed by atoms with Crippen LogP contribution in [0.15, 0.2) is 24.3 Å². The maximum Gasteiger partial charge on any atom is 0.469 e. The van der Waals surface area contributed by atoms with E-state index in [4.69, 9.17) is 19.3 Å². The number of allylic oxidation sites excluding steroid dienone is 2. The van der Waals surface area contributed by atoms with Crippen molar-refractivity contribution in [3.8, 4) is 0 Å². The second-order valence-electron chi connectivity index (χ2n) is 13.2. The topological polar surface area (TPSA) is 177 Å². The first-order chi connectivity index (χ1) is 22.9. The highest BCUT2D eigenvalue weighted by Gasteiger charge is 2.39. The Kier molecular flexibility index (Phi) is 23.9. The molecule has 11 nitrogen and oxygen atoms in total. The second-order valence-corrected chi connectivity index (χ2v) is 14.5. The second kappa shape index (κ2) is 26.0. The molecule has 0 radical (unpaired) electrons. The number of ketones is 1. The number of phosphoric acid groups is 1. The summed E-state index contributed by atoms with van der Waals surface area (Å²) in [5, 5.41) is 20.5. The predicted octanol–water partition coefficient (Wildman–Crippen LogP) is 6.90. The number of aliphatic hydroxyl groups is 2. The van der Waals surface area contributed by atoms with Crippen molar-refractivity contribution >= 4 is 25.5 Å². The Morgan fingerprint density at radius 3 is 2.27 bits per heavy atom. The smallest absolute Gasteiger partial charge is 0.462 e. The average molecular weight is 703 g/mol. The van der Waals surface area contributed by atoms with Crippen molar-refractivity contribution in [2.24, 2.45) is 17.8 Å². The Hall–Kier alpha value is -1.88. The highest BCUT2D eigenvalue weighted by molar-refractivity contribution is 7.46. The molecular formula is C36H63O11P. The van der Waals surface area contributed by atoms with Gasteiger partial charge < -0.3 is 29.5 Å². The van der Waals surface area contributed by atoms with E-state index in [0.29, 0.717) is 32.1 Å². The maximum absolute atomic E-state index is 12.5. The molecule has 0 aromatic rings. The summed E-state index contributed by atoms with van der Waals surface area (Å²) in [6, 6.07) is 0. The fourth-order valence-corrected chi connectivity index (χ4v) is 6.04. The van der Waals surface area contributed by atoms with Crippen LogP contribution in [0.5, 0.6) is 0 Å². The van der Waals surface area contributed by atoms with Gasteiger partial charge >= 0.3 is 19.8 Å². The summed E-state index contributed by atoms with van der Waals surface area (Å²) in [6.07, 6.45) is 18.7. The van der Waals surface area contributed by atoms with Crippen molar-refractivity contribution in [3.05, 3.63) is 24.3 Å². The van der Waals surface area contributed by atoms with E-state index in [-0.39, 0.29) is 43.5 Å². The normalized spacial score (nSPS) is 20.4. The molecule has 6 atom stereocenters. The molecule has 12 heteroatoms. The molecule has 0 aromatic carbocycles. The fourth-order valence-electron chi connectivity index (χ4n) is 5.68. The molecule has 278 valence electrons. The first-order valence-corrected chi connectivity index (χ1v) is 19.7. The van der Waals surface area contributed by atoms with E-state index in [0.717, 1.165) is 44.4 Å². The van der Waals surface area contributed by atoms with E-state index < -0.39 is 44.7 Å². The van der Waals surface area contributed by atoms with E-state index in [1.807, 2.05) is 12.2 Å². The lowest BCUT2D eigenvalue weighted by Gasteiger charge is -2.18. The highest BCUT2D eigenvalue weighted by atomic mass is 31.2. The molecule has 48 heavy (non-hydrogen) atoms. The van der Waals surface area contributed by atoms with E-state index in [2.05, 4.69) is 25.3 Å². The van der Waals surface area contributed by atoms with Gasteiger partial charge in [0.15, 0.2) is 6.10 Å². The molecule has 1 rings (SSSR count). The molecule has 1 unspecified atom stereocenters. The van der Waals surface area contributed by atoms with E-state index in [1.165, 1.54) is 25.7 Å². The van der Waals surface area contributed by atoms with Crippen LogP contribution < -0.4 is 0 Å². The van der Waals surface area contributed by atoms with Gasteiger partial charge in [-0.15, -0.1) is 0 Å². The summed E-state index contributed by atoms with van der Waals surface area (Å²) in [4.78, 5) is 55.2. The van der Waals surface area contributed by atoms with Crippen LogP contribution in [0.3, 0.4) is 0 Å². The van der Waals surface area contributed by atoms with Crippen molar-refractivity contribution in [2.45, 2.75) is 155 Å². The molecule has 0 aromatic heterocycles. The van der Waals surface area contributed by atoms with E-state index >= 15 is 0 Å². The number of unbranched alkanes of at least 4 members (excludes halogenated alkanes) is 8. The van der Waals surface area contributed by atoms with Gasteiger partial charge in [0.25, 0.3) is 0 Å². The van der Waals surface area contributed by atoms with Gasteiger partial charge in [-0.2, -0.15) is 0 Å². The van der Waals surface area contributed by atoms with Gasteiger partial charge in [0.05, 0.1) is 18.8 Å². The number of ether oxygens (including phenoxy) is 2. The largest absolute Gasteiger partial charge is 0.469 e. The molecule has 1 aliphatic rings. The van der Waals surface area contributed by atoms with Gasteiger partial charge in [0.1, 0.15) is 12.4 Å². The number of rotatable bonds is 28. The monoisotopic (exact) mass is 702 g/mol. The summed E-state index contributed by atoms with van der Waals surface area (Å²) in [7, 11) is -4.81. The summed E-state index contributed by atoms with van der Waals surface area (Å²) in [5.74, 6) is -1.05. The molecule has 1 fully saturated rings. The van der Waals surface area contributed by atoms with Crippen molar-refractivity contribution in [3.63, 3.8) is 0 Å². The Morgan fingerprint density at radius 1 is 0.917 bits per heavy atom. The molecular weight excluding hydrogens is 639 g/mol. The zero-order valence-electron chi connectivity index (χ0n) is 29.5. The number of hydrogen-bond acceptors (Lipinski definition) is 9. The van der Waals surface area contributed by atoms with Crippen LogP contribution >= 0.6 is 7.82 Å². The zero-order chi connectivity index (χ0) is 35.8. The van der Waals surface area contributed by atoms with Gasteiger partial charge in [-0.25, -0.2) is 4.57 Å². The van der Waals surface area contributed by atoms with Gasteiger partial charge in [0.2, 0.25) is 0 Å². The van der Waals surface area contributed by atoms with Crippen LogP contribution in [-0.2, 0) is 32.9 Å². The highest BCUT2D eigenvalue weighted by Crippen LogP contribution is 2.36. The lowest BCUT2D eigenvalue weighted by molar-refractivity contribution is -0.161. The number of carbonyl (C=O) groups is 3. The van der Waals surface area contributed by atoms with Gasteiger partial charge in [-0.1, -0.05) is 109 Å². The Bertz CT molecular complexity index is 1010. The summed E-state index contributed by atoms with van der Waals surface area (Å²) >= 11 is 0. The summed E-state index contributed by atoms with van der Waals surface area (Å²) in [6.45, 7) is 5.57. The lowest BCUT2D eigenvalue weighted by atomic mass is 9.90. The first kappa shape index (κ1) is 44.1. The van der Waals surface area contributed by atoms with Crippen molar-refractivity contribution in [2.75, 3.05) is 13.2 Å². The van der Waals surface area contributed by atoms with Crippen LogP contribution in [0.25, 0.3) is 0 Å². The predicted molar refractivity (Wildman–Crippen MR) is 185 cm³/mol. The van der Waals surface area contributed by atoms with Crippen molar-refractivity contribution in [1.29, 1.82) is 0 Å². The minimum Gasteiger partial charge on any atom is -0.462 e. The van der Waals surface area contributed by atoms with Crippen LogP contribution in [0, 0.1) is 17.8 Å². The number of esters is 2. The average Bonchev–Trinajstić information content (AvgIpc) is 3.30. The third kappa shape index (κ3) is 22.0. The third-order valence-electron chi connectivity index (χ3n) is 8.88. The number of phosphoric ester groups is 1. The molecule has 0 amide bonds. The number of Topliss-reactive ketones (excluding diaryl/α,β-unsaturated/α-hetero) is 1. The van der Waals surface area contributed by atoms with E-state index in [1.54, 1.807) is 12.2 Å². The number of hydrogen-bond donors (Lipinski definition) is 4. The SMILES string of the molecule is CCCCC[C@H](O)/C=C/[C@H]1[C@H](O)CC(=O)[C@@H]1C/C=C\CCCC(=O)OC[C@H](COP(=O)(O)O)OC(=O)CCCCCCCCC(C)CC. The van der Waals surface area contributed by atoms with Gasteiger partial charge in [-0.05, 0) is 38.0 Å².